The second-order valence-corrected chi connectivity index (χ2v) is 16.6. The van der Waals surface area contributed by atoms with E-state index in [1.165, 1.54) is 0 Å². The molecule has 0 unspecified atom stereocenters. The topological polar surface area (TPSA) is 72.8 Å². The maximum absolute atomic E-state index is 11.9. The van der Waals surface area contributed by atoms with E-state index in [1.807, 2.05) is 0 Å². The lowest BCUT2D eigenvalue weighted by Crippen LogP contribution is -2.43. The molecule has 0 aromatic heterocycles. The number of hydrogen-bond acceptors (Lipinski definition) is 4. The fourth-order valence-electron chi connectivity index (χ4n) is 2.53. The summed E-state index contributed by atoms with van der Waals surface area (Å²) in [7, 11) is -3.57. The second-order valence-electron chi connectivity index (χ2n) is 7.64. The van der Waals surface area contributed by atoms with Crippen LogP contribution in [0.4, 0.5) is 0 Å². The number of esters is 1. The maximum atomic E-state index is 11.9. The van der Waals surface area contributed by atoms with Crippen molar-refractivity contribution in [3.63, 3.8) is 0 Å². The lowest BCUT2D eigenvalue weighted by Gasteiger charge is -2.30. The Morgan fingerprint density at radius 3 is 1.91 bits per heavy atom. The third-order valence-electron chi connectivity index (χ3n) is 3.20. The highest BCUT2D eigenvalue weighted by atomic mass is 28.4. The monoisotopic (exact) mass is 362 g/mol. The smallest absolute Gasteiger partial charge is 0.305 e. The summed E-state index contributed by atoms with van der Waals surface area (Å²) < 4.78 is 11.4. The van der Waals surface area contributed by atoms with Gasteiger partial charge in [0.1, 0.15) is 0 Å². The Kier molecular flexibility index (Phi) is 10.7. The van der Waals surface area contributed by atoms with E-state index in [9.17, 15) is 9.59 Å². The molecule has 0 saturated carbocycles. The van der Waals surface area contributed by atoms with Crippen LogP contribution in [0.1, 0.15) is 44.9 Å². The van der Waals surface area contributed by atoms with Gasteiger partial charge in [-0.1, -0.05) is 25.7 Å². The van der Waals surface area contributed by atoms with Crippen molar-refractivity contribution in [2.24, 2.45) is 0 Å². The molecule has 0 bridgehead atoms. The molecule has 1 N–H and O–H groups in total. The molecule has 0 fully saturated rings. The molecule has 0 radical (unpaired) electrons. The second kappa shape index (κ2) is 11.0. The van der Waals surface area contributed by atoms with E-state index in [0.29, 0.717) is 12.7 Å². The van der Waals surface area contributed by atoms with E-state index in [-0.39, 0.29) is 12.4 Å². The first-order valence-electron chi connectivity index (χ1n) is 8.59. The fourth-order valence-corrected chi connectivity index (χ4v) is 10.3. The molecule has 0 amide bonds. The van der Waals surface area contributed by atoms with Crippen molar-refractivity contribution < 1.29 is 23.5 Å². The van der Waals surface area contributed by atoms with Gasteiger partial charge in [-0.25, -0.2) is 0 Å². The van der Waals surface area contributed by atoms with E-state index >= 15 is 0 Å². The molecule has 0 rings (SSSR count). The number of ether oxygens (including phenoxy) is 1. The molecule has 0 aromatic rings. The summed E-state index contributed by atoms with van der Waals surface area (Å²) in [4.78, 5) is 22.2. The quantitative estimate of drug-likeness (QED) is 0.298. The minimum Gasteiger partial charge on any atom is -0.481 e. The van der Waals surface area contributed by atoms with Gasteiger partial charge < -0.3 is 14.0 Å². The highest BCUT2D eigenvalue weighted by Gasteiger charge is 2.32. The predicted octanol–water partition coefficient (Wildman–Crippen LogP) is 4.40. The summed E-state index contributed by atoms with van der Waals surface area (Å²) in [5, 5.41) is 8.53. The Hall–Kier alpha value is -0.666. The summed E-state index contributed by atoms with van der Waals surface area (Å²) in [5.74, 6) is -0.858. The van der Waals surface area contributed by atoms with Gasteiger partial charge in [0.25, 0.3) is 0 Å². The minimum atomic E-state index is -1.96. The Morgan fingerprint density at radius 2 is 1.39 bits per heavy atom. The number of aliphatic carboxylic acids is 1. The molecule has 0 aliphatic rings. The minimum absolute atomic E-state index is 0.138. The van der Waals surface area contributed by atoms with Gasteiger partial charge in [-0.3, -0.25) is 9.59 Å². The van der Waals surface area contributed by atoms with Crippen LogP contribution in [0.25, 0.3) is 0 Å². The summed E-state index contributed by atoms with van der Waals surface area (Å²) in [5.41, 5.74) is 0. The molecule has 0 aliphatic heterocycles. The standard InChI is InChI=1S/C16H34O5Si2/c1-22(2,3)21-23(4,5)14-16(19)20-13-11-9-7-6-8-10-12-15(17)18/h6-14H2,1-5H3,(H,17,18). The van der Waals surface area contributed by atoms with Crippen molar-refractivity contribution in [2.75, 3.05) is 6.61 Å². The average Bonchev–Trinajstić information content (AvgIpc) is 2.32. The van der Waals surface area contributed by atoms with Crippen molar-refractivity contribution in [3.05, 3.63) is 0 Å². The van der Waals surface area contributed by atoms with E-state index < -0.39 is 22.6 Å². The molecule has 5 nitrogen and oxygen atoms in total. The molecular formula is C16H34O5Si2. The van der Waals surface area contributed by atoms with E-state index in [1.54, 1.807) is 0 Å². The molecule has 0 saturated heterocycles. The Labute approximate surface area is 143 Å². The van der Waals surface area contributed by atoms with Crippen LogP contribution in [0.15, 0.2) is 0 Å². The molecule has 0 atom stereocenters. The Bertz CT molecular complexity index is 364. The van der Waals surface area contributed by atoms with Gasteiger partial charge in [0.2, 0.25) is 0 Å². The lowest BCUT2D eigenvalue weighted by molar-refractivity contribution is -0.141. The molecule has 23 heavy (non-hydrogen) atoms. The number of unbranched alkanes of at least 4 members (excludes halogenated alkanes) is 5. The average molecular weight is 363 g/mol. The summed E-state index contributed by atoms with van der Waals surface area (Å²) >= 11 is 0. The molecule has 0 spiro atoms. The molecule has 0 aliphatic carbocycles. The zero-order valence-electron chi connectivity index (χ0n) is 15.4. The first kappa shape index (κ1) is 22.3. The summed E-state index contributed by atoms with van der Waals surface area (Å²) in [6, 6.07) is 0.423. The molecule has 136 valence electrons. The number of carboxylic acid groups (broad SMARTS) is 1. The number of hydrogen-bond donors (Lipinski definition) is 1. The lowest BCUT2D eigenvalue weighted by atomic mass is 10.1. The summed E-state index contributed by atoms with van der Waals surface area (Å²) in [6.07, 6.45) is 5.98. The van der Waals surface area contributed by atoms with Crippen LogP contribution >= 0.6 is 0 Å². The third-order valence-corrected chi connectivity index (χ3v) is 9.00. The third kappa shape index (κ3) is 16.0. The van der Waals surface area contributed by atoms with E-state index in [4.69, 9.17) is 14.0 Å². The van der Waals surface area contributed by atoms with E-state index in [0.717, 1.165) is 38.5 Å². The first-order chi connectivity index (χ1) is 10.5. The van der Waals surface area contributed by atoms with Gasteiger partial charge >= 0.3 is 11.9 Å². The number of carbonyl (C=O) groups is 2. The van der Waals surface area contributed by atoms with Crippen molar-refractivity contribution >= 4 is 28.6 Å². The van der Waals surface area contributed by atoms with Crippen LogP contribution < -0.4 is 0 Å². The number of carboxylic acids is 1. The Balaban J connectivity index is 3.62. The summed E-state index contributed by atoms with van der Waals surface area (Å²) in [6.45, 7) is 11.1. The van der Waals surface area contributed by atoms with Crippen molar-refractivity contribution in [3.8, 4) is 0 Å². The number of carbonyl (C=O) groups excluding carboxylic acids is 1. The largest absolute Gasteiger partial charge is 0.481 e. The predicted molar refractivity (Wildman–Crippen MR) is 97.6 cm³/mol. The molecule has 0 aromatic carbocycles. The highest BCUT2D eigenvalue weighted by Crippen LogP contribution is 2.18. The van der Waals surface area contributed by atoms with Crippen LogP contribution in [0.2, 0.25) is 38.8 Å². The van der Waals surface area contributed by atoms with Gasteiger partial charge in [0.15, 0.2) is 16.6 Å². The zero-order valence-corrected chi connectivity index (χ0v) is 17.4. The number of rotatable bonds is 13. The van der Waals surface area contributed by atoms with Gasteiger partial charge in [-0.2, -0.15) is 0 Å². The van der Waals surface area contributed by atoms with Crippen LogP contribution in [-0.4, -0.2) is 40.3 Å². The molecular weight excluding hydrogens is 328 g/mol. The van der Waals surface area contributed by atoms with Crippen molar-refractivity contribution in [1.82, 2.24) is 0 Å². The van der Waals surface area contributed by atoms with Crippen LogP contribution in [-0.2, 0) is 18.4 Å². The van der Waals surface area contributed by atoms with Gasteiger partial charge in [0.05, 0.1) is 12.7 Å². The van der Waals surface area contributed by atoms with Gasteiger partial charge in [-0.15, -0.1) is 0 Å². The molecule has 7 heteroatoms. The van der Waals surface area contributed by atoms with Crippen LogP contribution in [0, 0.1) is 0 Å². The normalized spacial score (nSPS) is 12.2. The SMILES string of the molecule is C[Si](C)(C)O[Si](C)(C)CC(=O)OCCCCCCCCC(=O)O. The fraction of sp³-hybridized carbons (Fsp3) is 0.875. The van der Waals surface area contributed by atoms with Gasteiger partial charge in [0, 0.05) is 6.42 Å². The van der Waals surface area contributed by atoms with Crippen LogP contribution in [0.5, 0.6) is 0 Å². The first-order valence-corrected chi connectivity index (χ1v) is 15.1. The van der Waals surface area contributed by atoms with Crippen molar-refractivity contribution in [2.45, 2.75) is 83.7 Å². The Morgan fingerprint density at radius 1 is 0.870 bits per heavy atom. The van der Waals surface area contributed by atoms with Gasteiger partial charge in [-0.05, 0) is 45.6 Å². The highest BCUT2D eigenvalue weighted by molar-refractivity contribution is 6.85. The zero-order chi connectivity index (χ0) is 17.9. The maximum Gasteiger partial charge on any atom is 0.305 e. The van der Waals surface area contributed by atoms with E-state index in [2.05, 4.69) is 32.7 Å². The van der Waals surface area contributed by atoms with Crippen molar-refractivity contribution in [1.29, 1.82) is 0 Å². The van der Waals surface area contributed by atoms with Crippen LogP contribution in [0.3, 0.4) is 0 Å². The molecule has 0 heterocycles.